The van der Waals surface area contributed by atoms with Crippen LogP contribution in [0.4, 0.5) is 5.69 Å². The molecule has 0 aliphatic heterocycles. The number of hydrazone groups is 1. The molecule has 0 saturated carbocycles. The molecule has 0 fully saturated rings. The van der Waals surface area contributed by atoms with E-state index in [1.807, 2.05) is 54.6 Å². The highest BCUT2D eigenvalue weighted by Gasteiger charge is 2.02. The van der Waals surface area contributed by atoms with Gasteiger partial charge in [0, 0.05) is 22.2 Å². The first kappa shape index (κ1) is 14.3. The fourth-order valence-corrected chi connectivity index (χ4v) is 2.30. The molecule has 0 atom stereocenters. The minimum atomic E-state index is 0.695. The maximum absolute atomic E-state index is 5.91. The maximum Gasteiger partial charge on any atom is 0.0899 e. The van der Waals surface area contributed by atoms with Crippen LogP contribution in [0.25, 0.3) is 10.9 Å². The third kappa shape index (κ3) is 3.00. The molecule has 3 rings (SSSR count). The molecule has 0 saturated heterocycles. The van der Waals surface area contributed by atoms with Crippen LogP contribution in [0.2, 0.25) is 5.02 Å². The first-order valence-electron chi connectivity index (χ1n) is 6.84. The van der Waals surface area contributed by atoms with Crippen molar-refractivity contribution in [3.8, 4) is 0 Å². The molecule has 4 heteroatoms. The van der Waals surface area contributed by atoms with Gasteiger partial charge in [-0.2, -0.15) is 5.10 Å². The number of aromatic nitrogens is 1. The van der Waals surface area contributed by atoms with E-state index < -0.39 is 0 Å². The molecule has 108 valence electrons. The smallest absolute Gasteiger partial charge is 0.0899 e. The highest BCUT2D eigenvalue weighted by atomic mass is 35.5. The van der Waals surface area contributed by atoms with Crippen LogP contribution in [0.15, 0.2) is 78.6 Å². The Hall–Kier alpha value is -2.65. The van der Waals surface area contributed by atoms with E-state index in [0.717, 1.165) is 27.9 Å². The van der Waals surface area contributed by atoms with Crippen molar-refractivity contribution in [2.75, 3.05) is 5.43 Å². The number of pyridine rings is 1. The molecule has 3 aromatic rings. The predicted octanol–water partition coefficient (Wildman–Crippen LogP) is 4.89. The van der Waals surface area contributed by atoms with E-state index in [4.69, 9.17) is 11.6 Å². The molecule has 0 aliphatic rings. The van der Waals surface area contributed by atoms with Crippen LogP contribution in [0.1, 0.15) is 5.56 Å². The van der Waals surface area contributed by atoms with Crippen molar-refractivity contribution >= 4 is 33.9 Å². The lowest BCUT2D eigenvalue weighted by molar-refractivity contribution is 1.34. The first-order chi connectivity index (χ1) is 10.8. The highest BCUT2D eigenvalue weighted by Crippen LogP contribution is 2.21. The van der Waals surface area contributed by atoms with Crippen molar-refractivity contribution in [2.24, 2.45) is 5.10 Å². The predicted molar refractivity (Wildman–Crippen MR) is 93.6 cm³/mol. The largest absolute Gasteiger partial charge is 0.277 e. The van der Waals surface area contributed by atoms with E-state index in [1.54, 1.807) is 12.3 Å². The van der Waals surface area contributed by atoms with Crippen molar-refractivity contribution in [3.05, 3.63) is 84.0 Å². The lowest BCUT2D eigenvalue weighted by atomic mass is 10.1. The van der Waals surface area contributed by atoms with E-state index in [-0.39, 0.29) is 0 Å². The second-order valence-corrected chi connectivity index (χ2v) is 5.13. The zero-order valence-electron chi connectivity index (χ0n) is 11.8. The molecule has 1 N–H and O–H groups in total. The van der Waals surface area contributed by atoms with Crippen molar-refractivity contribution in [1.82, 2.24) is 4.98 Å². The Kier molecular flexibility index (Phi) is 4.17. The Labute approximate surface area is 134 Å². The van der Waals surface area contributed by atoms with Crippen molar-refractivity contribution in [1.29, 1.82) is 0 Å². The van der Waals surface area contributed by atoms with Gasteiger partial charge in [-0.05, 0) is 42.5 Å². The van der Waals surface area contributed by atoms with Crippen LogP contribution in [0.5, 0.6) is 0 Å². The van der Waals surface area contributed by atoms with Crippen LogP contribution in [-0.2, 0) is 0 Å². The van der Waals surface area contributed by atoms with Crippen molar-refractivity contribution in [2.45, 2.75) is 0 Å². The molecule has 0 amide bonds. The number of nitrogens with zero attached hydrogens (tertiary/aromatic N) is 2. The second kappa shape index (κ2) is 6.41. The van der Waals surface area contributed by atoms with Gasteiger partial charge in [-0.1, -0.05) is 36.4 Å². The average Bonchev–Trinajstić information content (AvgIpc) is 2.57. The van der Waals surface area contributed by atoms with E-state index in [1.165, 1.54) is 0 Å². The third-order valence-electron chi connectivity index (χ3n) is 3.28. The molecule has 22 heavy (non-hydrogen) atoms. The van der Waals surface area contributed by atoms with Gasteiger partial charge in [0.2, 0.25) is 0 Å². The van der Waals surface area contributed by atoms with Gasteiger partial charge >= 0.3 is 0 Å². The third-order valence-corrected chi connectivity index (χ3v) is 3.53. The molecule has 0 aliphatic carbocycles. The second-order valence-electron chi connectivity index (χ2n) is 4.70. The fraction of sp³-hybridized carbons (Fsp3) is 0. The van der Waals surface area contributed by atoms with Crippen LogP contribution in [0.3, 0.4) is 0 Å². The summed E-state index contributed by atoms with van der Waals surface area (Å²) in [7, 11) is 0. The molecule has 3 nitrogen and oxygen atoms in total. The monoisotopic (exact) mass is 307 g/mol. The summed E-state index contributed by atoms with van der Waals surface area (Å²) in [6.45, 7) is 3.82. The van der Waals surface area contributed by atoms with Crippen LogP contribution >= 0.6 is 11.6 Å². The molecule has 1 aromatic heterocycles. The molecular weight excluding hydrogens is 294 g/mol. The molecule has 0 bridgehead atoms. The molecule has 2 aromatic carbocycles. The van der Waals surface area contributed by atoms with Gasteiger partial charge in [0.15, 0.2) is 0 Å². The van der Waals surface area contributed by atoms with E-state index in [0.29, 0.717) is 5.02 Å². The number of rotatable bonds is 4. The SMILES string of the molecule is C=C/C(=N\Nc1cccc2ncccc12)c1ccc(Cl)cc1. The molecule has 1 heterocycles. The maximum atomic E-state index is 5.91. The van der Waals surface area contributed by atoms with Gasteiger partial charge in [-0.3, -0.25) is 10.4 Å². The van der Waals surface area contributed by atoms with Gasteiger partial charge in [-0.15, -0.1) is 0 Å². The number of benzene rings is 2. The summed E-state index contributed by atoms with van der Waals surface area (Å²) in [6.07, 6.45) is 3.48. The summed E-state index contributed by atoms with van der Waals surface area (Å²) in [5.74, 6) is 0. The Morgan fingerprint density at radius 3 is 2.68 bits per heavy atom. The van der Waals surface area contributed by atoms with Crippen molar-refractivity contribution < 1.29 is 0 Å². The minimum absolute atomic E-state index is 0.695. The Bertz CT molecular complexity index is 833. The lowest BCUT2D eigenvalue weighted by Crippen LogP contribution is -2.01. The van der Waals surface area contributed by atoms with Crippen molar-refractivity contribution in [3.63, 3.8) is 0 Å². The van der Waals surface area contributed by atoms with Crippen LogP contribution in [0, 0.1) is 0 Å². The van der Waals surface area contributed by atoms with Crippen LogP contribution in [-0.4, -0.2) is 10.7 Å². The Balaban J connectivity index is 1.93. The van der Waals surface area contributed by atoms with Crippen LogP contribution < -0.4 is 5.43 Å². The van der Waals surface area contributed by atoms with E-state index in [9.17, 15) is 0 Å². The molecule has 0 radical (unpaired) electrons. The Morgan fingerprint density at radius 1 is 1.09 bits per heavy atom. The summed E-state index contributed by atoms with van der Waals surface area (Å²) in [6, 6.07) is 17.3. The Morgan fingerprint density at radius 2 is 1.91 bits per heavy atom. The number of fused-ring (bicyclic) bond motifs is 1. The zero-order valence-corrected chi connectivity index (χ0v) is 12.6. The number of hydrogen-bond donors (Lipinski definition) is 1. The normalized spacial score (nSPS) is 11.4. The van der Waals surface area contributed by atoms with E-state index >= 15 is 0 Å². The molecular formula is C18H14ClN3. The number of anilines is 1. The number of halogens is 1. The highest BCUT2D eigenvalue weighted by molar-refractivity contribution is 6.30. The fourth-order valence-electron chi connectivity index (χ4n) is 2.17. The van der Waals surface area contributed by atoms with Gasteiger partial charge < -0.3 is 0 Å². The average molecular weight is 308 g/mol. The summed E-state index contributed by atoms with van der Waals surface area (Å²) in [5.41, 5.74) is 6.62. The van der Waals surface area contributed by atoms with Gasteiger partial charge in [0.1, 0.15) is 0 Å². The number of nitrogens with one attached hydrogen (secondary N) is 1. The van der Waals surface area contributed by atoms with Gasteiger partial charge in [-0.25, -0.2) is 0 Å². The lowest BCUT2D eigenvalue weighted by Gasteiger charge is -2.07. The van der Waals surface area contributed by atoms with Gasteiger partial charge in [0.25, 0.3) is 0 Å². The standard InChI is InChI=1S/C18H14ClN3/c1-2-16(13-8-10-14(19)11-9-13)21-22-18-7-3-6-17-15(18)5-4-12-20-17/h2-12,22H,1H2/b21-16+. The minimum Gasteiger partial charge on any atom is -0.277 e. The molecule has 0 spiro atoms. The summed E-state index contributed by atoms with van der Waals surface area (Å²) in [4.78, 5) is 4.33. The van der Waals surface area contributed by atoms with E-state index in [2.05, 4.69) is 22.1 Å². The molecule has 0 unspecified atom stereocenters. The summed E-state index contributed by atoms with van der Waals surface area (Å²) in [5, 5.41) is 6.16. The quantitative estimate of drug-likeness (QED) is 0.550. The van der Waals surface area contributed by atoms with Gasteiger partial charge in [0.05, 0.1) is 16.9 Å². The summed E-state index contributed by atoms with van der Waals surface area (Å²) >= 11 is 5.91. The zero-order chi connectivity index (χ0) is 15.4. The summed E-state index contributed by atoms with van der Waals surface area (Å²) < 4.78 is 0. The number of hydrogen-bond acceptors (Lipinski definition) is 3. The topological polar surface area (TPSA) is 37.3 Å². The number of allylic oxidation sites excluding steroid dienone is 1. The first-order valence-corrected chi connectivity index (χ1v) is 7.21.